The van der Waals surface area contributed by atoms with Crippen molar-refractivity contribution in [2.75, 3.05) is 17.7 Å². The molecule has 6 heteroatoms. The fourth-order valence-electron chi connectivity index (χ4n) is 1.35. The maximum Gasteiger partial charge on any atom is 0.275 e. The van der Waals surface area contributed by atoms with Gasteiger partial charge in [0.2, 0.25) is 0 Å². The first-order chi connectivity index (χ1) is 8.70. The molecule has 0 aliphatic heterocycles. The van der Waals surface area contributed by atoms with Crippen molar-refractivity contribution in [1.29, 1.82) is 0 Å². The van der Waals surface area contributed by atoms with Crippen LogP contribution in [0.5, 0.6) is 0 Å². The Labute approximate surface area is 113 Å². The summed E-state index contributed by atoms with van der Waals surface area (Å²) in [4.78, 5) is 20.2. The average Bonchev–Trinajstić information content (AvgIpc) is 2.41. The maximum atomic E-state index is 12.0. The van der Waals surface area contributed by atoms with Gasteiger partial charge in [0, 0.05) is 13.2 Å². The zero-order valence-electron chi connectivity index (χ0n) is 9.64. The van der Waals surface area contributed by atoms with E-state index in [0.29, 0.717) is 17.3 Å². The van der Waals surface area contributed by atoms with Gasteiger partial charge in [0.15, 0.2) is 0 Å². The monoisotopic (exact) mass is 306 g/mol. The third kappa shape index (κ3) is 2.84. The fourth-order valence-corrected chi connectivity index (χ4v) is 1.70. The van der Waals surface area contributed by atoms with E-state index in [2.05, 4.69) is 36.5 Å². The minimum absolute atomic E-state index is 0.300. The summed E-state index contributed by atoms with van der Waals surface area (Å²) in [5, 5.41) is 5.57. The van der Waals surface area contributed by atoms with Crippen molar-refractivity contribution in [1.82, 2.24) is 9.97 Å². The van der Waals surface area contributed by atoms with Gasteiger partial charge in [-0.25, -0.2) is 9.97 Å². The zero-order valence-corrected chi connectivity index (χ0v) is 11.2. The van der Waals surface area contributed by atoms with Gasteiger partial charge in [-0.15, -0.1) is 0 Å². The van der Waals surface area contributed by atoms with Crippen LogP contribution in [-0.2, 0) is 0 Å². The van der Waals surface area contributed by atoms with Crippen LogP contribution in [-0.4, -0.2) is 22.9 Å². The molecule has 0 saturated carbocycles. The Balaban J connectivity index is 2.19. The summed E-state index contributed by atoms with van der Waals surface area (Å²) in [6.07, 6.45) is 1.61. The second kappa shape index (κ2) is 5.59. The van der Waals surface area contributed by atoms with Crippen LogP contribution in [0.4, 0.5) is 11.6 Å². The van der Waals surface area contributed by atoms with E-state index in [1.54, 1.807) is 43.6 Å². The lowest BCUT2D eigenvalue weighted by Gasteiger charge is -2.06. The van der Waals surface area contributed by atoms with Crippen LogP contribution < -0.4 is 10.6 Å². The summed E-state index contributed by atoms with van der Waals surface area (Å²) in [6, 6.07) is 8.78. The number of anilines is 2. The average molecular weight is 307 g/mol. The van der Waals surface area contributed by atoms with Gasteiger partial charge in [-0.3, -0.25) is 4.79 Å². The van der Waals surface area contributed by atoms with Crippen LogP contribution >= 0.6 is 15.9 Å². The molecule has 0 radical (unpaired) electrons. The maximum absolute atomic E-state index is 12.0. The molecule has 0 aliphatic rings. The van der Waals surface area contributed by atoms with Gasteiger partial charge in [0.25, 0.3) is 5.91 Å². The molecule has 2 rings (SSSR count). The van der Waals surface area contributed by atoms with Crippen LogP contribution in [0.2, 0.25) is 0 Å². The molecule has 2 aromatic heterocycles. The van der Waals surface area contributed by atoms with Crippen LogP contribution in [0.15, 0.2) is 41.0 Å². The highest BCUT2D eigenvalue weighted by atomic mass is 79.9. The Bertz CT molecular complexity index is 574. The van der Waals surface area contributed by atoms with Crippen molar-refractivity contribution in [2.24, 2.45) is 0 Å². The number of amides is 1. The highest BCUT2D eigenvalue weighted by Crippen LogP contribution is 2.18. The second-order valence-corrected chi connectivity index (χ2v) is 4.30. The molecule has 0 unspecified atom stereocenters. The minimum atomic E-state index is -0.300. The predicted octanol–water partition coefficient (Wildman–Crippen LogP) is 2.53. The Morgan fingerprint density at radius 1 is 1.28 bits per heavy atom. The lowest BCUT2D eigenvalue weighted by molar-refractivity contribution is 0.102. The smallest absolute Gasteiger partial charge is 0.275 e. The molecular formula is C12H11BrN4O. The van der Waals surface area contributed by atoms with Gasteiger partial charge < -0.3 is 10.6 Å². The number of aromatic nitrogens is 2. The van der Waals surface area contributed by atoms with Crippen molar-refractivity contribution in [3.8, 4) is 0 Å². The van der Waals surface area contributed by atoms with Crippen LogP contribution in [0, 0.1) is 0 Å². The molecule has 92 valence electrons. The molecule has 2 N–H and O–H groups in total. The van der Waals surface area contributed by atoms with Gasteiger partial charge >= 0.3 is 0 Å². The van der Waals surface area contributed by atoms with E-state index in [0.717, 1.165) is 4.47 Å². The van der Waals surface area contributed by atoms with Gasteiger partial charge in [-0.1, -0.05) is 6.07 Å². The van der Waals surface area contributed by atoms with Crippen LogP contribution in [0.3, 0.4) is 0 Å². The van der Waals surface area contributed by atoms with Crippen molar-refractivity contribution >= 4 is 33.5 Å². The molecule has 18 heavy (non-hydrogen) atoms. The number of hydrogen-bond acceptors (Lipinski definition) is 4. The Kier molecular flexibility index (Phi) is 3.88. The molecule has 0 spiro atoms. The zero-order chi connectivity index (χ0) is 13.0. The molecule has 2 aromatic rings. The van der Waals surface area contributed by atoms with E-state index in [1.165, 1.54) is 0 Å². The first-order valence-electron chi connectivity index (χ1n) is 5.27. The van der Waals surface area contributed by atoms with E-state index in [9.17, 15) is 4.79 Å². The van der Waals surface area contributed by atoms with Crippen molar-refractivity contribution in [2.45, 2.75) is 0 Å². The molecule has 0 bridgehead atoms. The third-order valence-corrected chi connectivity index (χ3v) is 2.87. The Morgan fingerprint density at radius 2 is 2.11 bits per heavy atom. The number of carbonyl (C=O) groups excluding carboxylic acids is 1. The predicted molar refractivity (Wildman–Crippen MR) is 73.7 cm³/mol. The normalized spacial score (nSPS) is 9.89. The number of nitrogens with one attached hydrogen (secondary N) is 2. The van der Waals surface area contributed by atoms with Gasteiger partial charge in [0.1, 0.15) is 17.3 Å². The minimum Gasteiger partial charge on any atom is -0.373 e. The molecular weight excluding hydrogens is 296 g/mol. The summed E-state index contributed by atoms with van der Waals surface area (Å²) in [5.41, 5.74) is 0.333. The summed E-state index contributed by atoms with van der Waals surface area (Å²) >= 11 is 3.32. The summed E-state index contributed by atoms with van der Waals surface area (Å²) in [5.74, 6) is 0.813. The molecule has 5 nitrogen and oxygen atoms in total. The highest BCUT2D eigenvalue weighted by Gasteiger charge is 2.10. The van der Waals surface area contributed by atoms with Crippen molar-refractivity contribution < 1.29 is 4.79 Å². The molecule has 0 atom stereocenters. The first-order valence-corrected chi connectivity index (χ1v) is 6.06. The van der Waals surface area contributed by atoms with Gasteiger partial charge in [-0.05, 0) is 40.2 Å². The first kappa shape index (κ1) is 12.5. The lowest BCUT2D eigenvalue weighted by atomic mass is 10.3. The summed E-state index contributed by atoms with van der Waals surface area (Å²) in [7, 11) is 1.75. The molecule has 0 saturated heterocycles. The van der Waals surface area contributed by atoms with Crippen LogP contribution in [0.1, 0.15) is 10.5 Å². The van der Waals surface area contributed by atoms with Crippen molar-refractivity contribution in [3.63, 3.8) is 0 Å². The fraction of sp³-hybridized carbons (Fsp3) is 0.0833. The van der Waals surface area contributed by atoms with Crippen molar-refractivity contribution in [3.05, 3.63) is 46.7 Å². The van der Waals surface area contributed by atoms with Gasteiger partial charge in [0.05, 0.1) is 4.47 Å². The summed E-state index contributed by atoms with van der Waals surface area (Å²) in [6.45, 7) is 0. The second-order valence-electron chi connectivity index (χ2n) is 3.45. The Hall–Kier alpha value is -1.95. The molecule has 2 heterocycles. The van der Waals surface area contributed by atoms with E-state index in [-0.39, 0.29) is 5.91 Å². The lowest BCUT2D eigenvalue weighted by Crippen LogP contribution is -2.15. The van der Waals surface area contributed by atoms with E-state index >= 15 is 0 Å². The SMILES string of the molecule is CNc1cccc(C(=O)Nc2ncccc2Br)n1. The van der Waals surface area contributed by atoms with Crippen LogP contribution in [0.25, 0.3) is 0 Å². The summed E-state index contributed by atoms with van der Waals surface area (Å²) < 4.78 is 0.725. The highest BCUT2D eigenvalue weighted by molar-refractivity contribution is 9.10. The Morgan fingerprint density at radius 3 is 2.83 bits per heavy atom. The standard InChI is InChI=1S/C12H11BrN4O/c1-14-10-6-2-5-9(16-10)12(18)17-11-8(13)4-3-7-15-11/h2-7H,1H3,(H,14,16)(H,15,17,18). The number of hydrogen-bond donors (Lipinski definition) is 2. The molecule has 0 aliphatic carbocycles. The number of carbonyl (C=O) groups is 1. The van der Waals surface area contributed by atoms with Gasteiger partial charge in [-0.2, -0.15) is 0 Å². The third-order valence-electron chi connectivity index (χ3n) is 2.23. The number of rotatable bonds is 3. The quantitative estimate of drug-likeness (QED) is 0.914. The van der Waals surface area contributed by atoms with E-state index < -0.39 is 0 Å². The number of pyridine rings is 2. The largest absolute Gasteiger partial charge is 0.373 e. The molecule has 1 amide bonds. The molecule has 0 aromatic carbocycles. The van der Waals surface area contributed by atoms with E-state index in [1.807, 2.05) is 0 Å². The number of nitrogens with zero attached hydrogens (tertiary/aromatic N) is 2. The molecule has 0 fully saturated rings. The van der Waals surface area contributed by atoms with E-state index in [4.69, 9.17) is 0 Å². The number of halogens is 1. The topological polar surface area (TPSA) is 66.9 Å².